The van der Waals surface area contributed by atoms with E-state index in [1.54, 1.807) is 4.90 Å². The van der Waals surface area contributed by atoms with E-state index in [4.69, 9.17) is 10.2 Å². The molecule has 0 unspecified atom stereocenters. The quantitative estimate of drug-likeness (QED) is 0.926. The van der Waals surface area contributed by atoms with Crippen molar-refractivity contribution in [1.29, 1.82) is 0 Å². The summed E-state index contributed by atoms with van der Waals surface area (Å²) in [4.78, 5) is 25.8. The van der Waals surface area contributed by atoms with Gasteiger partial charge in [0.25, 0.3) is 5.91 Å². The van der Waals surface area contributed by atoms with Gasteiger partial charge >= 0.3 is 0 Å². The molecule has 0 atom stereocenters. The van der Waals surface area contributed by atoms with Gasteiger partial charge in [0, 0.05) is 30.0 Å². The Balaban J connectivity index is 1.91. The van der Waals surface area contributed by atoms with Crippen LogP contribution in [0.25, 0.3) is 11.0 Å². The topological polar surface area (TPSA) is 76.5 Å². The number of nitrogens with zero attached hydrogens (tertiary/aromatic N) is 1. The Morgan fingerprint density at radius 3 is 2.30 bits per heavy atom. The molecule has 5 heteroatoms. The zero-order valence-electron chi connectivity index (χ0n) is 13.8. The van der Waals surface area contributed by atoms with E-state index in [9.17, 15) is 9.59 Å². The van der Waals surface area contributed by atoms with E-state index in [-0.39, 0.29) is 17.7 Å². The Morgan fingerprint density at radius 2 is 1.74 bits per heavy atom. The van der Waals surface area contributed by atoms with Crippen molar-refractivity contribution in [1.82, 2.24) is 4.90 Å². The van der Waals surface area contributed by atoms with Gasteiger partial charge in [0.05, 0.1) is 0 Å². The second-order valence-electron chi connectivity index (χ2n) is 6.43. The van der Waals surface area contributed by atoms with E-state index in [1.165, 1.54) is 0 Å². The third-order valence-corrected chi connectivity index (χ3v) is 4.86. The molecule has 2 N–H and O–H groups in total. The lowest BCUT2D eigenvalue weighted by Crippen LogP contribution is -2.41. The number of amides is 2. The van der Waals surface area contributed by atoms with Crippen LogP contribution in [0.3, 0.4) is 0 Å². The van der Waals surface area contributed by atoms with Crippen LogP contribution in [0.4, 0.5) is 0 Å². The van der Waals surface area contributed by atoms with Gasteiger partial charge in [-0.1, -0.05) is 12.1 Å². The fourth-order valence-electron chi connectivity index (χ4n) is 3.39. The van der Waals surface area contributed by atoms with Crippen molar-refractivity contribution < 1.29 is 14.0 Å². The predicted octanol–water partition coefficient (Wildman–Crippen LogP) is 2.70. The third-order valence-electron chi connectivity index (χ3n) is 4.86. The van der Waals surface area contributed by atoms with Crippen LogP contribution in [0.1, 0.15) is 40.1 Å². The normalized spacial score (nSPS) is 16.0. The van der Waals surface area contributed by atoms with Gasteiger partial charge in [0.2, 0.25) is 5.91 Å². The van der Waals surface area contributed by atoms with Crippen LogP contribution < -0.4 is 5.73 Å². The number of rotatable bonds is 2. The number of furan rings is 1. The van der Waals surface area contributed by atoms with Gasteiger partial charge in [0.1, 0.15) is 5.58 Å². The van der Waals surface area contributed by atoms with E-state index >= 15 is 0 Å². The molecule has 2 aromatic rings. The standard InChI is InChI=1S/C18H22N2O3/c1-10-4-5-11(2)15-14(10)12(3)16(23-15)18(22)20-8-6-13(7-9-20)17(19)21/h4-5,13H,6-9H2,1-3H3,(H2,19,21). The molecule has 0 spiro atoms. The van der Waals surface area contributed by atoms with E-state index in [2.05, 4.69) is 0 Å². The molecule has 1 aliphatic rings. The molecule has 3 rings (SSSR count). The van der Waals surface area contributed by atoms with Crippen molar-refractivity contribution in [3.8, 4) is 0 Å². The Hall–Kier alpha value is -2.30. The van der Waals surface area contributed by atoms with E-state index in [1.807, 2.05) is 32.9 Å². The molecular formula is C18H22N2O3. The molecule has 0 aliphatic carbocycles. The maximum atomic E-state index is 12.8. The molecule has 0 radical (unpaired) electrons. The fourth-order valence-corrected chi connectivity index (χ4v) is 3.39. The summed E-state index contributed by atoms with van der Waals surface area (Å²) in [6.07, 6.45) is 1.25. The molecular weight excluding hydrogens is 292 g/mol. The Labute approximate surface area is 135 Å². The number of primary amides is 1. The monoisotopic (exact) mass is 314 g/mol. The smallest absolute Gasteiger partial charge is 0.289 e. The van der Waals surface area contributed by atoms with Crippen molar-refractivity contribution >= 4 is 22.8 Å². The van der Waals surface area contributed by atoms with Crippen molar-refractivity contribution in [2.75, 3.05) is 13.1 Å². The number of carbonyl (C=O) groups excluding carboxylic acids is 2. The number of hydrogen-bond donors (Lipinski definition) is 1. The lowest BCUT2D eigenvalue weighted by atomic mass is 9.96. The minimum atomic E-state index is -0.275. The number of fused-ring (bicyclic) bond motifs is 1. The maximum Gasteiger partial charge on any atom is 0.289 e. The van der Waals surface area contributed by atoms with Crippen LogP contribution in [-0.2, 0) is 4.79 Å². The summed E-state index contributed by atoms with van der Waals surface area (Å²) in [7, 11) is 0. The minimum Gasteiger partial charge on any atom is -0.450 e. The number of piperidine rings is 1. The Morgan fingerprint density at radius 1 is 1.13 bits per heavy atom. The highest BCUT2D eigenvalue weighted by atomic mass is 16.3. The Bertz CT molecular complexity index is 783. The number of aryl methyl sites for hydroxylation is 3. The third kappa shape index (κ3) is 2.60. The van der Waals surface area contributed by atoms with Crippen LogP contribution in [-0.4, -0.2) is 29.8 Å². The number of nitrogens with two attached hydrogens (primary N) is 1. The summed E-state index contributed by atoms with van der Waals surface area (Å²) < 4.78 is 5.92. The summed E-state index contributed by atoms with van der Waals surface area (Å²) in [5.41, 5.74) is 9.17. The van der Waals surface area contributed by atoms with Crippen LogP contribution >= 0.6 is 0 Å². The zero-order chi connectivity index (χ0) is 16.7. The van der Waals surface area contributed by atoms with E-state index < -0.39 is 0 Å². The molecule has 1 aromatic carbocycles. The first-order chi connectivity index (χ1) is 10.9. The Kier molecular flexibility index (Phi) is 3.88. The molecule has 2 heterocycles. The highest BCUT2D eigenvalue weighted by molar-refractivity contribution is 6.00. The fraction of sp³-hybridized carbons (Fsp3) is 0.444. The van der Waals surface area contributed by atoms with Gasteiger partial charge in [-0.05, 0) is 44.7 Å². The number of likely N-dealkylation sites (tertiary alicyclic amines) is 1. The molecule has 0 bridgehead atoms. The van der Waals surface area contributed by atoms with Gasteiger partial charge < -0.3 is 15.1 Å². The lowest BCUT2D eigenvalue weighted by molar-refractivity contribution is -0.123. The predicted molar refractivity (Wildman–Crippen MR) is 88.2 cm³/mol. The summed E-state index contributed by atoms with van der Waals surface area (Å²) in [5, 5.41) is 1.03. The number of hydrogen-bond acceptors (Lipinski definition) is 3. The SMILES string of the molecule is Cc1ccc(C)c2c(C)c(C(=O)N3CCC(C(N)=O)CC3)oc12. The first-order valence-electron chi connectivity index (χ1n) is 7.98. The van der Waals surface area contributed by atoms with Gasteiger partial charge in [-0.3, -0.25) is 9.59 Å². The molecule has 0 saturated carbocycles. The van der Waals surface area contributed by atoms with Crippen molar-refractivity contribution in [2.24, 2.45) is 11.7 Å². The van der Waals surface area contributed by atoms with Crippen LogP contribution in [0.2, 0.25) is 0 Å². The first-order valence-corrected chi connectivity index (χ1v) is 7.98. The molecule has 2 amide bonds. The summed E-state index contributed by atoms with van der Waals surface area (Å²) >= 11 is 0. The molecule has 5 nitrogen and oxygen atoms in total. The second-order valence-corrected chi connectivity index (χ2v) is 6.43. The van der Waals surface area contributed by atoms with Crippen LogP contribution in [0.15, 0.2) is 16.5 Å². The van der Waals surface area contributed by atoms with Crippen molar-refractivity contribution in [3.63, 3.8) is 0 Å². The summed E-state index contributed by atoms with van der Waals surface area (Å²) in [6.45, 7) is 7.03. The molecule has 1 aliphatic heterocycles. The first kappa shape index (κ1) is 15.6. The van der Waals surface area contributed by atoms with Gasteiger partial charge in [0.15, 0.2) is 5.76 Å². The maximum absolute atomic E-state index is 12.8. The second kappa shape index (κ2) is 5.72. The van der Waals surface area contributed by atoms with Crippen molar-refractivity contribution in [3.05, 3.63) is 34.6 Å². The van der Waals surface area contributed by atoms with Gasteiger partial charge in [-0.25, -0.2) is 0 Å². The summed E-state index contributed by atoms with van der Waals surface area (Å²) in [6, 6.07) is 4.06. The zero-order valence-corrected chi connectivity index (χ0v) is 13.8. The van der Waals surface area contributed by atoms with Gasteiger partial charge in [-0.15, -0.1) is 0 Å². The minimum absolute atomic E-state index is 0.0968. The largest absolute Gasteiger partial charge is 0.450 e. The molecule has 1 fully saturated rings. The number of benzene rings is 1. The van der Waals surface area contributed by atoms with E-state index in [0.29, 0.717) is 31.7 Å². The molecule has 122 valence electrons. The highest BCUT2D eigenvalue weighted by Gasteiger charge is 2.29. The van der Waals surface area contributed by atoms with E-state index in [0.717, 1.165) is 27.7 Å². The summed E-state index contributed by atoms with van der Waals surface area (Å²) in [5.74, 6) is -0.0843. The van der Waals surface area contributed by atoms with Crippen molar-refractivity contribution in [2.45, 2.75) is 33.6 Å². The average molecular weight is 314 g/mol. The highest BCUT2D eigenvalue weighted by Crippen LogP contribution is 2.32. The van der Waals surface area contributed by atoms with Crippen LogP contribution in [0, 0.1) is 26.7 Å². The molecule has 1 saturated heterocycles. The lowest BCUT2D eigenvalue weighted by Gasteiger charge is -2.30. The average Bonchev–Trinajstić information content (AvgIpc) is 2.89. The molecule has 23 heavy (non-hydrogen) atoms. The number of carbonyl (C=O) groups is 2. The molecule has 1 aromatic heterocycles. The van der Waals surface area contributed by atoms with Crippen LogP contribution in [0.5, 0.6) is 0 Å². The van der Waals surface area contributed by atoms with Gasteiger partial charge in [-0.2, -0.15) is 0 Å².